The van der Waals surface area contributed by atoms with Gasteiger partial charge in [-0.3, -0.25) is 9.48 Å². The number of hydrogen-bond acceptors (Lipinski definition) is 6. The van der Waals surface area contributed by atoms with Crippen molar-refractivity contribution in [3.05, 3.63) is 35.8 Å². The third kappa shape index (κ3) is 5.22. The Morgan fingerprint density at radius 2 is 2.10 bits per heavy atom. The maximum atomic E-state index is 12.7. The molecule has 3 N–H and O–H groups in total. The van der Waals surface area contributed by atoms with Crippen LogP contribution < -0.4 is 11.1 Å². The van der Waals surface area contributed by atoms with E-state index in [0.29, 0.717) is 6.04 Å². The molecule has 3 atom stereocenters. The van der Waals surface area contributed by atoms with Crippen LogP contribution in [0.1, 0.15) is 41.4 Å². The highest BCUT2D eigenvalue weighted by atomic mass is 19.4. The lowest BCUT2D eigenvalue weighted by atomic mass is 9.81. The molecule has 1 saturated carbocycles. The topological polar surface area (TPSA) is 101 Å². The smallest absolute Gasteiger partial charge is 0.365 e. The normalized spacial score (nSPS) is 22.2. The predicted molar refractivity (Wildman–Crippen MR) is 112 cm³/mol. The fourth-order valence-corrected chi connectivity index (χ4v) is 3.92. The van der Waals surface area contributed by atoms with Gasteiger partial charge in [0.15, 0.2) is 5.82 Å². The third-order valence-corrected chi connectivity index (χ3v) is 5.56. The number of amides is 1. The third-order valence-electron chi connectivity index (χ3n) is 5.56. The van der Waals surface area contributed by atoms with Gasteiger partial charge in [0.1, 0.15) is 11.3 Å². The molecule has 0 radical (unpaired) electrons. The Morgan fingerprint density at radius 1 is 1.35 bits per heavy atom. The minimum atomic E-state index is -4.53. The van der Waals surface area contributed by atoms with E-state index < -0.39 is 17.8 Å². The Bertz CT molecular complexity index is 937. The quantitative estimate of drug-likeness (QED) is 0.677. The summed E-state index contributed by atoms with van der Waals surface area (Å²) in [5.41, 5.74) is 4.94. The van der Waals surface area contributed by atoms with Crippen molar-refractivity contribution in [2.45, 2.75) is 37.5 Å². The number of alkyl halides is 3. The van der Waals surface area contributed by atoms with Gasteiger partial charge in [0.25, 0.3) is 5.91 Å². The fraction of sp³-hybridized carbons (Fsp3) is 0.500. The highest BCUT2D eigenvalue weighted by molar-refractivity contribution is 5.98. The molecule has 2 aromatic heterocycles. The first-order chi connectivity index (χ1) is 14.6. The van der Waals surface area contributed by atoms with Crippen LogP contribution in [0.3, 0.4) is 0 Å². The minimum Gasteiger partial charge on any atom is -0.365 e. The Morgan fingerprint density at radius 3 is 2.65 bits per heavy atom. The largest absolute Gasteiger partial charge is 0.433 e. The zero-order valence-electron chi connectivity index (χ0n) is 17.6. The molecule has 0 spiro atoms. The summed E-state index contributed by atoms with van der Waals surface area (Å²) in [6, 6.07) is 2.49. The molecule has 168 valence electrons. The fourth-order valence-electron chi connectivity index (χ4n) is 3.92. The van der Waals surface area contributed by atoms with Crippen LogP contribution in [0.25, 0.3) is 0 Å². The number of carbonyl (C=O) groups excluding carboxylic acids is 1. The van der Waals surface area contributed by atoms with E-state index >= 15 is 0 Å². The van der Waals surface area contributed by atoms with Gasteiger partial charge >= 0.3 is 6.18 Å². The number of aliphatic imine (C=N–C) groups is 1. The summed E-state index contributed by atoms with van der Waals surface area (Å²) in [6.45, 7) is 0. The van der Waals surface area contributed by atoms with Gasteiger partial charge in [-0.15, -0.1) is 0 Å². The molecule has 0 saturated heterocycles. The summed E-state index contributed by atoms with van der Waals surface area (Å²) >= 11 is 0. The molecule has 1 amide bonds. The highest BCUT2D eigenvalue weighted by Gasteiger charge is 2.34. The molecule has 1 aliphatic rings. The van der Waals surface area contributed by atoms with Crippen LogP contribution in [0.4, 0.5) is 24.7 Å². The first-order valence-corrected chi connectivity index (χ1v) is 9.88. The van der Waals surface area contributed by atoms with Crippen molar-refractivity contribution in [3.63, 3.8) is 0 Å². The van der Waals surface area contributed by atoms with Gasteiger partial charge in [-0.1, -0.05) is 0 Å². The molecule has 0 aliphatic heterocycles. The molecular formula is C20H26F3N7O. The predicted octanol–water partition coefficient (Wildman–Crippen LogP) is 3.11. The van der Waals surface area contributed by atoms with Crippen molar-refractivity contribution in [1.82, 2.24) is 19.7 Å². The molecule has 0 bridgehead atoms. The number of rotatable bonds is 6. The van der Waals surface area contributed by atoms with Crippen molar-refractivity contribution >= 4 is 23.6 Å². The Balaban J connectivity index is 1.87. The highest BCUT2D eigenvalue weighted by Crippen LogP contribution is 2.36. The van der Waals surface area contributed by atoms with Gasteiger partial charge in [-0.25, -0.2) is 4.98 Å². The maximum absolute atomic E-state index is 12.7. The molecule has 1 fully saturated rings. The molecule has 3 rings (SSSR count). The number of anilines is 2. The maximum Gasteiger partial charge on any atom is 0.433 e. The van der Waals surface area contributed by atoms with E-state index in [2.05, 4.69) is 25.3 Å². The van der Waals surface area contributed by atoms with E-state index in [-0.39, 0.29) is 29.0 Å². The Kier molecular flexibility index (Phi) is 6.63. The average Bonchev–Trinajstić information content (AvgIpc) is 3.11. The number of primary amides is 1. The van der Waals surface area contributed by atoms with Gasteiger partial charge in [0.05, 0.1) is 17.9 Å². The second-order valence-corrected chi connectivity index (χ2v) is 7.86. The zero-order valence-corrected chi connectivity index (χ0v) is 17.6. The average molecular weight is 437 g/mol. The van der Waals surface area contributed by atoms with E-state index in [0.717, 1.165) is 31.5 Å². The number of nitrogens with two attached hydrogens (primary N) is 1. The van der Waals surface area contributed by atoms with E-state index in [1.165, 1.54) is 6.07 Å². The second-order valence-electron chi connectivity index (χ2n) is 7.86. The number of halogens is 3. The Labute approximate surface area is 178 Å². The molecule has 0 aromatic carbocycles. The number of pyridine rings is 1. The molecule has 2 aromatic rings. The summed E-state index contributed by atoms with van der Waals surface area (Å²) in [7, 11) is 5.81. The lowest BCUT2D eigenvalue weighted by Gasteiger charge is -2.37. The number of aromatic nitrogens is 3. The monoisotopic (exact) mass is 437 g/mol. The van der Waals surface area contributed by atoms with Gasteiger partial charge in [0, 0.05) is 31.4 Å². The van der Waals surface area contributed by atoms with Crippen LogP contribution in [-0.4, -0.2) is 59.0 Å². The van der Waals surface area contributed by atoms with Crippen LogP contribution in [-0.2, 0) is 6.18 Å². The van der Waals surface area contributed by atoms with Gasteiger partial charge in [0.2, 0.25) is 0 Å². The lowest BCUT2D eigenvalue weighted by Crippen LogP contribution is -2.38. The number of nitrogens with zero attached hydrogens (tertiary/aromatic N) is 5. The van der Waals surface area contributed by atoms with Crippen LogP contribution in [0.2, 0.25) is 0 Å². The van der Waals surface area contributed by atoms with Crippen LogP contribution in [0.5, 0.6) is 0 Å². The lowest BCUT2D eigenvalue weighted by molar-refractivity contribution is -0.141. The first kappa shape index (κ1) is 22.7. The van der Waals surface area contributed by atoms with Crippen molar-refractivity contribution in [2.24, 2.45) is 16.6 Å². The summed E-state index contributed by atoms with van der Waals surface area (Å²) in [5, 5.41) is 7.36. The summed E-state index contributed by atoms with van der Waals surface area (Å²) in [4.78, 5) is 21.8. The number of hydrogen-bond donors (Lipinski definition) is 2. The van der Waals surface area contributed by atoms with Gasteiger partial charge in [-0.05, 0) is 45.5 Å². The Hall–Kier alpha value is -2.95. The standard InChI is InChI=1S/C20H26F3N7O/c1-25-9-12-8-14(29(2)3)5-6-16(12)30-11-15(18(24)31)19(28-30)27-13-4-7-17(26-10-13)20(21,22)23/h4,7,9-12,14,16H,5-6,8H2,1-3H3,(H2,24,31)(H,27,28). The number of nitrogens with one attached hydrogen (secondary N) is 1. The SMILES string of the molecule is CN=CC1CC(N(C)C)CCC1n1cc(C(N)=O)c(Nc2ccc(C(F)(F)F)nc2)n1. The molecular weight excluding hydrogens is 411 g/mol. The summed E-state index contributed by atoms with van der Waals surface area (Å²) in [5.74, 6) is -0.389. The molecule has 1 aliphatic carbocycles. The van der Waals surface area contributed by atoms with Crippen LogP contribution in [0.15, 0.2) is 29.5 Å². The van der Waals surface area contributed by atoms with Gasteiger partial charge in [-0.2, -0.15) is 18.3 Å². The van der Waals surface area contributed by atoms with E-state index in [9.17, 15) is 18.0 Å². The second kappa shape index (κ2) is 9.04. The van der Waals surface area contributed by atoms with Crippen molar-refractivity contribution in [1.29, 1.82) is 0 Å². The van der Waals surface area contributed by atoms with E-state index in [4.69, 9.17) is 5.73 Å². The first-order valence-electron chi connectivity index (χ1n) is 9.88. The van der Waals surface area contributed by atoms with Crippen molar-refractivity contribution < 1.29 is 18.0 Å². The van der Waals surface area contributed by atoms with Crippen LogP contribution in [0, 0.1) is 5.92 Å². The summed E-state index contributed by atoms with van der Waals surface area (Å²) in [6.07, 6.45) is 2.69. The summed E-state index contributed by atoms with van der Waals surface area (Å²) < 4.78 is 39.9. The minimum absolute atomic E-state index is 0.0146. The zero-order chi connectivity index (χ0) is 22.8. The number of carbonyl (C=O) groups is 1. The van der Waals surface area contributed by atoms with Gasteiger partial charge < -0.3 is 20.9 Å². The van der Waals surface area contributed by atoms with Crippen molar-refractivity contribution in [2.75, 3.05) is 26.5 Å². The van der Waals surface area contributed by atoms with E-state index in [1.54, 1.807) is 17.9 Å². The van der Waals surface area contributed by atoms with Crippen LogP contribution >= 0.6 is 0 Å². The molecule has 11 heteroatoms. The molecule has 3 unspecified atom stereocenters. The molecule has 8 nitrogen and oxygen atoms in total. The molecule has 31 heavy (non-hydrogen) atoms. The molecule has 2 heterocycles. The van der Waals surface area contributed by atoms with Crippen molar-refractivity contribution in [3.8, 4) is 0 Å². The van der Waals surface area contributed by atoms with E-state index in [1.807, 2.05) is 20.3 Å².